The number of aromatic nitrogens is 1. The fourth-order valence-corrected chi connectivity index (χ4v) is 3.62. The number of benzene rings is 1. The van der Waals surface area contributed by atoms with Gasteiger partial charge in [-0.15, -0.1) is 11.3 Å². The molecule has 0 unspecified atom stereocenters. The second kappa shape index (κ2) is 7.44. The van der Waals surface area contributed by atoms with E-state index in [9.17, 15) is 4.79 Å². The fourth-order valence-electron chi connectivity index (χ4n) is 2.87. The molecule has 134 valence electrons. The number of hydrogen-bond donors (Lipinski definition) is 1. The van der Waals surface area contributed by atoms with E-state index in [2.05, 4.69) is 37.1 Å². The van der Waals surface area contributed by atoms with Crippen LogP contribution in [-0.2, 0) is 24.1 Å². The number of thiazole rings is 1. The molecule has 1 aromatic carbocycles. The number of nitrogens with one attached hydrogen (secondary N) is 1. The van der Waals surface area contributed by atoms with Crippen LogP contribution in [0.25, 0.3) is 0 Å². The second-order valence-corrected chi connectivity index (χ2v) is 7.69. The first-order chi connectivity index (χ1) is 12.0. The van der Waals surface area contributed by atoms with Gasteiger partial charge in [-0.05, 0) is 26.3 Å². The second-order valence-electron chi connectivity index (χ2n) is 6.74. The molecule has 1 N–H and O–H groups in total. The summed E-state index contributed by atoms with van der Waals surface area (Å²) in [5, 5.41) is 5.88. The molecule has 0 saturated heterocycles. The quantitative estimate of drug-likeness (QED) is 0.771. The minimum absolute atomic E-state index is 0.0350. The summed E-state index contributed by atoms with van der Waals surface area (Å²) < 4.78 is 11.8. The molecule has 1 aromatic heterocycles. The van der Waals surface area contributed by atoms with Crippen molar-refractivity contribution in [2.24, 2.45) is 0 Å². The SMILES string of the molecule is CCc1nc(CC(=O)NCCOc2cccc3c2OC(C)(C)C3)cs1. The first kappa shape index (κ1) is 17.7. The van der Waals surface area contributed by atoms with Crippen molar-refractivity contribution in [3.8, 4) is 11.5 Å². The zero-order chi connectivity index (χ0) is 17.9. The lowest BCUT2D eigenvalue weighted by molar-refractivity contribution is -0.120. The molecule has 0 fully saturated rings. The highest BCUT2D eigenvalue weighted by atomic mass is 32.1. The number of rotatable bonds is 7. The number of fused-ring (bicyclic) bond motifs is 1. The Kier molecular flexibility index (Phi) is 5.27. The van der Waals surface area contributed by atoms with Crippen LogP contribution in [0.5, 0.6) is 11.5 Å². The van der Waals surface area contributed by atoms with Gasteiger partial charge < -0.3 is 14.8 Å². The lowest BCUT2D eigenvalue weighted by Gasteiger charge is -2.18. The van der Waals surface area contributed by atoms with E-state index in [0.717, 1.165) is 35.0 Å². The van der Waals surface area contributed by atoms with Crippen LogP contribution < -0.4 is 14.8 Å². The van der Waals surface area contributed by atoms with E-state index < -0.39 is 0 Å². The van der Waals surface area contributed by atoms with Crippen molar-refractivity contribution >= 4 is 17.2 Å². The Morgan fingerprint density at radius 1 is 1.44 bits per heavy atom. The molecule has 2 aromatic rings. The predicted molar refractivity (Wildman–Crippen MR) is 98.6 cm³/mol. The first-order valence-corrected chi connectivity index (χ1v) is 9.48. The van der Waals surface area contributed by atoms with E-state index in [1.807, 2.05) is 17.5 Å². The number of amides is 1. The van der Waals surface area contributed by atoms with Crippen molar-refractivity contribution in [1.29, 1.82) is 0 Å². The Hall–Kier alpha value is -2.08. The topological polar surface area (TPSA) is 60.5 Å². The van der Waals surface area contributed by atoms with Gasteiger partial charge in [0.1, 0.15) is 12.2 Å². The summed E-state index contributed by atoms with van der Waals surface area (Å²) >= 11 is 1.60. The summed E-state index contributed by atoms with van der Waals surface area (Å²) in [7, 11) is 0. The molecular weight excluding hydrogens is 336 g/mol. The molecule has 0 spiro atoms. The zero-order valence-corrected chi connectivity index (χ0v) is 15.7. The van der Waals surface area contributed by atoms with Crippen molar-refractivity contribution in [1.82, 2.24) is 10.3 Å². The largest absolute Gasteiger partial charge is 0.488 e. The Bertz CT molecular complexity index is 755. The maximum atomic E-state index is 12.0. The van der Waals surface area contributed by atoms with Crippen LogP contribution in [0.4, 0.5) is 0 Å². The van der Waals surface area contributed by atoms with Gasteiger partial charge in [0.15, 0.2) is 11.5 Å². The van der Waals surface area contributed by atoms with Crippen molar-refractivity contribution in [3.63, 3.8) is 0 Å². The molecule has 1 amide bonds. The lowest BCUT2D eigenvalue weighted by atomic mass is 10.0. The van der Waals surface area contributed by atoms with Gasteiger partial charge in [0.2, 0.25) is 5.91 Å². The Morgan fingerprint density at radius 2 is 2.28 bits per heavy atom. The number of para-hydroxylation sites is 1. The van der Waals surface area contributed by atoms with E-state index in [1.165, 1.54) is 5.56 Å². The van der Waals surface area contributed by atoms with Crippen LogP contribution in [0.1, 0.15) is 37.0 Å². The highest BCUT2D eigenvalue weighted by Crippen LogP contribution is 2.41. The van der Waals surface area contributed by atoms with Crippen LogP contribution in [0, 0.1) is 0 Å². The molecule has 0 atom stereocenters. The summed E-state index contributed by atoms with van der Waals surface area (Å²) in [4.78, 5) is 16.4. The smallest absolute Gasteiger partial charge is 0.226 e. The van der Waals surface area contributed by atoms with Crippen LogP contribution >= 0.6 is 11.3 Å². The number of ether oxygens (including phenoxy) is 2. The standard InChI is InChI=1S/C19H24N2O3S/c1-4-17-21-14(12-25-17)10-16(22)20-8-9-23-15-7-5-6-13-11-19(2,3)24-18(13)15/h5-7,12H,4,8-11H2,1-3H3,(H,20,22). The minimum Gasteiger partial charge on any atom is -0.488 e. The summed E-state index contributed by atoms with van der Waals surface area (Å²) in [5.41, 5.74) is 1.81. The van der Waals surface area contributed by atoms with Gasteiger partial charge in [0.05, 0.1) is 23.7 Å². The summed E-state index contributed by atoms with van der Waals surface area (Å²) in [6, 6.07) is 5.95. The molecule has 1 aliphatic rings. The van der Waals surface area contributed by atoms with Gasteiger partial charge in [-0.25, -0.2) is 4.98 Å². The minimum atomic E-state index is -0.194. The molecule has 3 rings (SSSR count). The monoisotopic (exact) mass is 360 g/mol. The van der Waals surface area contributed by atoms with Crippen molar-refractivity contribution in [2.45, 2.75) is 45.6 Å². The van der Waals surface area contributed by atoms with Crippen molar-refractivity contribution < 1.29 is 14.3 Å². The zero-order valence-electron chi connectivity index (χ0n) is 14.9. The van der Waals surface area contributed by atoms with E-state index >= 15 is 0 Å². The van der Waals surface area contributed by atoms with E-state index in [0.29, 0.717) is 19.6 Å². The lowest BCUT2D eigenvalue weighted by Crippen LogP contribution is -2.29. The molecule has 0 radical (unpaired) electrons. The highest BCUT2D eigenvalue weighted by molar-refractivity contribution is 7.09. The number of carbonyl (C=O) groups is 1. The molecule has 5 nitrogen and oxygen atoms in total. The number of aryl methyl sites for hydroxylation is 1. The van der Waals surface area contributed by atoms with Gasteiger partial charge in [-0.1, -0.05) is 19.1 Å². The third-order valence-electron chi connectivity index (χ3n) is 3.98. The molecule has 0 saturated carbocycles. The molecule has 0 bridgehead atoms. The molecule has 2 heterocycles. The third-order valence-corrected chi connectivity index (χ3v) is 5.02. The van der Waals surface area contributed by atoms with Crippen LogP contribution in [0.2, 0.25) is 0 Å². The third kappa shape index (κ3) is 4.51. The fraction of sp³-hybridized carbons (Fsp3) is 0.474. The molecule has 6 heteroatoms. The Labute approximate surface area is 152 Å². The van der Waals surface area contributed by atoms with Gasteiger partial charge in [-0.3, -0.25) is 4.79 Å². The van der Waals surface area contributed by atoms with Crippen LogP contribution in [0.3, 0.4) is 0 Å². The highest BCUT2D eigenvalue weighted by Gasteiger charge is 2.32. The number of carbonyl (C=O) groups excluding carboxylic acids is 1. The Morgan fingerprint density at radius 3 is 3.04 bits per heavy atom. The Balaban J connectivity index is 1.45. The van der Waals surface area contributed by atoms with Crippen molar-refractivity contribution in [2.75, 3.05) is 13.2 Å². The van der Waals surface area contributed by atoms with E-state index in [1.54, 1.807) is 11.3 Å². The van der Waals surface area contributed by atoms with Gasteiger partial charge in [0.25, 0.3) is 0 Å². The maximum absolute atomic E-state index is 12.0. The molecular formula is C19H24N2O3S. The molecule has 0 aliphatic carbocycles. The molecule has 1 aliphatic heterocycles. The van der Waals surface area contributed by atoms with Crippen LogP contribution in [-0.4, -0.2) is 29.6 Å². The first-order valence-electron chi connectivity index (χ1n) is 8.60. The van der Waals surface area contributed by atoms with Gasteiger partial charge >= 0.3 is 0 Å². The summed E-state index contributed by atoms with van der Waals surface area (Å²) in [6.07, 6.45) is 2.10. The normalized spacial score (nSPS) is 14.7. The average molecular weight is 360 g/mol. The number of hydrogen-bond acceptors (Lipinski definition) is 5. The maximum Gasteiger partial charge on any atom is 0.226 e. The average Bonchev–Trinajstić information content (AvgIpc) is 3.13. The van der Waals surface area contributed by atoms with E-state index in [4.69, 9.17) is 9.47 Å². The number of nitrogens with zero attached hydrogens (tertiary/aromatic N) is 1. The summed E-state index contributed by atoms with van der Waals surface area (Å²) in [6.45, 7) is 7.06. The van der Waals surface area contributed by atoms with Gasteiger partial charge in [-0.2, -0.15) is 0 Å². The van der Waals surface area contributed by atoms with Crippen LogP contribution in [0.15, 0.2) is 23.6 Å². The summed E-state index contributed by atoms with van der Waals surface area (Å²) in [5.74, 6) is 1.53. The molecule has 25 heavy (non-hydrogen) atoms. The van der Waals surface area contributed by atoms with E-state index in [-0.39, 0.29) is 11.5 Å². The van der Waals surface area contributed by atoms with Gasteiger partial charge in [0, 0.05) is 17.4 Å². The predicted octanol–water partition coefficient (Wildman–Crippen LogP) is 3.16. The van der Waals surface area contributed by atoms with Crippen molar-refractivity contribution in [3.05, 3.63) is 39.8 Å².